The van der Waals surface area contributed by atoms with Crippen molar-refractivity contribution < 1.29 is 4.79 Å². The fourth-order valence-electron chi connectivity index (χ4n) is 1.79. The number of Topliss-reactive ketones (excluding diaryl/α,β-unsaturated/α-hetero) is 1. The number of nitrogens with one attached hydrogen (secondary N) is 1. The predicted octanol–water partition coefficient (Wildman–Crippen LogP) is 3.33. The van der Waals surface area contributed by atoms with Gasteiger partial charge in [-0.1, -0.05) is 24.8 Å². The Bertz CT molecular complexity index is 547. The molecule has 0 saturated carbocycles. The molecule has 0 aliphatic heterocycles. The molecule has 0 saturated heterocycles. The van der Waals surface area contributed by atoms with Crippen molar-refractivity contribution in [2.45, 2.75) is 37.6 Å². The van der Waals surface area contributed by atoms with E-state index in [9.17, 15) is 4.79 Å². The van der Waals surface area contributed by atoms with Crippen molar-refractivity contribution in [2.75, 3.05) is 0 Å². The van der Waals surface area contributed by atoms with Gasteiger partial charge < -0.3 is 4.98 Å². The van der Waals surface area contributed by atoms with E-state index in [1.807, 2.05) is 13.0 Å². The van der Waals surface area contributed by atoms with Crippen LogP contribution < -0.4 is 0 Å². The summed E-state index contributed by atoms with van der Waals surface area (Å²) in [4.78, 5) is 18.8. The Hall–Kier alpha value is -1.29. The summed E-state index contributed by atoms with van der Waals surface area (Å²) in [5, 5.41) is 1.15. The lowest BCUT2D eigenvalue weighted by Gasteiger charge is -2.05. The van der Waals surface area contributed by atoms with Crippen LogP contribution in [-0.2, 0) is 4.79 Å². The smallest absolute Gasteiger partial charge is 0.166 e. The highest BCUT2D eigenvalue weighted by Gasteiger charge is 2.10. The third-order valence-corrected chi connectivity index (χ3v) is 3.49. The second-order valence-electron chi connectivity index (χ2n) is 4.40. The van der Waals surface area contributed by atoms with Crippen LogP contribution in [0.15, 0.2) is 23.4 Å². The van der Waals surface area contributed by atoms with Crippen molar-refractivity contribution in [3.63, 3.8) is 0 Å². The second kappa shape index (κ2) is 4.92. The Kier molecular flexibility index (Phi) is 3.52. The van der Waals surface area contributed by atoms with Gasteiger partial charge in [-0.25, -0.2) is 4.98 Å². The number of rotatable bonds is 4. The number of aryl methyl sites for hydroxylation is 1. The number of hydrogen-bond acceptors (Lipinski definition) is 3. The molecule has 0 spiro atoms. The highest BCUT2D eigenvalue weighted by Crippen LogP contribution is 2.25. The van der Waals surface area contributed by atoms with Crippen LogP contribution in [0.2, 0.25) is 0 Å². The van der Waals surface area contributed by atoms with Crippen molar-refractivity contribution in [1.29, 1.82) is 0 Å². The Labute approximate surface area is 105 Å². The average Bonchev–Trinajstić information content (AvgIpc) is 2.57. The van der Waals surface area contributed by atoms with Crippen LogP contribution in [0, 0.1) is 6.92 Å². The van der Waals surface area contributed by atoms with Gasteiger partial charge in [-0.15, -0.1) is 0 Å². The molecule has 0 bridgehead atoms. The summed E-state index contributed by atoms with van der Waals surface area (Å²) >= 11 is 1.62. The molecule has 1 unspecified atom stereocenters. The van der Waals surface area contributed by atoms with Gasteiger partial charge in [-0.2, -0.15) is 0 Å². The van der Waals surface area contributed by atoms with E-state index in [4.69, 9.17) is 0 Å². The number of H-pyrrole nitrogens is 1. The number of aromatic nitrogens is 2. The van der Waals surface area contributed by atoms with Gasteiger partial charge >= 0.3 is 0 Å². The van der Waals surface area contributed by atoms with Crippen molar-refractivity contribution in [3.05, 3.63) is 23.8 Å². The van der Waals surface area contributed by atoms with E-state index < -0.39 is 0 Å². The zero-order valence-corrected chi connectivity index (χ0v) is 11.1. The number of fused-ring (bicyclic) bond motifs is 1. The molecule has 2 aromatic rings. The lowest BCUT2D eigenvalue weighted by molar-refractivity contribution is -0.116. The van der Waals surface area contributed by atoms with Crippen LogP contribution in [0.4, 0.5) is 0 Å². The van der Waals surface area contributed by atoms with Gasteiger partial charge in [0.05, 0.1) is 11.0 Å². The molecular weight excluding hydrogens is 232 g/mol. The molecule has 3 nitrogen and oxygen atoms in total. The summed E-state index contributed by atoms with van der Waals surface area (Å²) in [5.74, 6) is 0.219. The van der Waals surface area contributed by atoms with Crippen molar-refractivity contribution in [2.24, 2.45) is 0 Å². The van der Waals surface area contributed by atoms with Crippen LogP contribution in [0.3, 0.4) is 0 Å². The predicted molar refractivity (Wildman–Crippen MR) is 71.4 cm³/mol. The maximum atomic E-state index is 11.0. The highest BCUT2D eigenvalue weighted by molar-refractivity contribution is 7.99. The fourth-order valence-corrected chi connectivity index (χ4v) is 2.81. The lowest BCUT2D eigenvalue weighted by atomic mass is 10.2. The summed E-state index contributed by atoms with van der Waals surface area (Å²) in [6.45, 7) is 5.73. The van der Waals surface area contributed by atoms with Crippen LogP contribution >= 0.6 is 11.8 Å². The summed E-state index contributed by atoms with van der Waals surface area (Å²) in [6, 6.07) is 6.15. The van der Waals surface area contributed by atoms with Gasteiger partial charge in [0, 0.05) is 11.7 Å². The SMILES string of the molecule is CC(=O)CC(C)Sc1nc2ccc(C)cc2[nH]1. The van der Waals surface area contributed by atoms with Gasteiger partial charge in [0.2, 0.25) is 0 Å². The van der Waals surface area contributed by atoms with Gasteiger partial charge in [0.1, 0.15) is 5.78 Å². The summed E-state index contributed by atoms with van der Waals surface area (Å²) < 4.78 is 0. The quantitative estimate of drug-likeness (QED) is 0.844. The number of carbonyl (C=O) groups excluding carboxylic acids is 1. The van der Waals surface area contributed by atoms with E-state index in [-0.39, 0.29) is 11.0 Å². The molecule has 1 N–H and O–H groups in total. The number of aromatic amines is 1. The Balaban J connectivity index is 2.16. The average molecular weight is 248 g/mol. The molecule has 1 heterocycles. The Morgan fingerprint density at radius 3 is 3.00 bits per heavy atom. The lowest BCUT2D eigenvalue weighted by Crippen LogP contribution is -2.03. The highest BCUT2D eigenvalue weighted by atomic mass is 32.2. The van der Waals surface area contributed by atoms with Crippen molar-refractivity contribution >= 4 is 28.6 Å². The van der Waals surface area contributed by atoms with E-state index in [0.29, 0.717) is 6.42 Å². The first-order valence-electron chi connectivity index (χ1n) is 5.67. The van der Waals surface area contributed by atoms with Crippen molar-refractivity contribution in [3.8, 4) is 0 Å². The molecule has 0 fully saturated rings. The van der Waals surface area contributed by atoms with E-state index in [0.717, 1.165) is 16.2 Å². The number of thioether (sulfide) groups is 1. The van der Waals surface area contributed by atoms with Gasteiger partial charge in [-0.05, 0) is 31.5 Å². The minimum Gasteiger partial charge on any atom is -0.333 e. The van der Waals surface area contributed by atoms with Crippen molar-refractivity contribution in [1.82, 2.24) is 9.97 Å². The van der Waals surface area contributed by atoms with E-state index in [2.05, 4.69) is 29.0 Å². The summed E-state index contributed by atoms with van der Waals surface area (Å²) in [5.41, 5.74) is 3.25. The van der Waals surface area contributed by atoms with Gasteiger partial charge in [0.15, 0.2) is 5.16 Å². The molecule has 1 atom stereocenters. The zero-order valence-electron chi connectivity index (χ0n) is 10.3. The minimum absolute atomic E-state index is 0.219. The molecular formula is C13H16N2OS. The fraction of sp³-hybridized carbons (Fsp3) is 0.385. The van der Waals surface area contributed by atoms with E-state index in [1.54, 1.807) is 18.7 Å². The molecule has 0 aliphatic carbocycles. The topological polar surface area (TPSA) is 45.8 Å². The van der Waals surface area contributed by atoms with Crippen LogP contribution in [-0.4, -0.2) is 21.0 Å². The largest absolute Gasteiger partial charge is 0.333 e. The summed E-state index contributed by atoms with van der Waals surface area (Å²) in [6.07, 6.45) is 0.584. The molecule has 0 radical (unpaired) electrons. The molecule has 0 aliphatic rings. The number of carbonyl (C=O) groups is 1. The molecule has 17 heavy (non-hydrogen) atoms. The molecule has 2 rings (SSSR count). The standard InChI is InChI=1S/C13H16N2OS/c1-8-4-5-11-12(6-8)15-13(14-11)17-10(3)7-9(2)16/h4-6,10H,7H2,1-3H3,(H,14,15). The first kappa shape index (κ1) is 12.2. The second-order valence-corrected chi connectivity index (χ2v) is 5.82. The number of hydrogen-bond donors (Lipinski definition) is 1. The van der Waals surface area contributed by atoms with Crippen LogP contribution in [0.1, 0.15) is 25.8 Å². The van der Waals surface area contributed by atoms with Crippen LogP contribution in [0.25, 0.3) is 11.0 Å². The third-order valence-electron chi connectivity index (χ3n) is 2.50. The first-order valence-corrected chi connectivity index (χ1v) is 6.55. The molecule has 90 valence electrons. The zero-order chi connectivity index (χ0) is 12.4. The molecule has 1 aromatic carbocycles. The summed E-state index contributed by atoms with van der Waals surface area (Å²) in [7, 11) is 0. The van der Waals surface area contributed by atoms with E-state index >= 15 is 0 Å². The molecule has 4 heteroatoms. The Morgan fingerprint density at radius 1 is 1.53 bits per heavy atom. The van der Waals surface area contributed by atoms with Crippen LogP contribution in [0.5, 0.6) is 0 Å². The third kappa shape index (κ3) is 3.09. The monoisotopic (exact) mass is 248 g/mol. The maximum absolute atomic E-state index is 11.0. The maximum Gasteiger partial charge on any atom is 0.166 e. The number of ketones is 1. The normalized spacial score (nSPS) is 12.9. The van der Waals surface area contributed by atoms with E-state index in [1.165, 1.54) is 5.56 Å². The minimum atomic E-state index is 0.219. The first-order chi connectivity index (χ1) is 8.04. The molecule has 1 aromatic heterocycles. The number of benzene rings is 1. The Morgan fingerprint density at radius 2 is 2.29 bits per heavy atom. The number of imidazole rings is 1. The number of nitrogens with zero attached hydrogens (tertiary/aromatic N) is 1. The molecule has 0 amide bonds. The van der Waals surface area contributed by atoms with Gasteiger partial charge in [0.25, 0.3) is 0 Å². The van der Waals surface area contributed by atoms with Gasteiger partial charge in [-0.3, -0.25) is 4.79 Å².